The Morgan fingerprint density at radius 3 is 2.48 bits per heavy atom. The highest BCUT2D eigenvalue weighted by Crippen LogP contribution is 2.31. The maximum absolute atomic E-state index is 13.3. The van der Waals surface area contributed by atoms with E-state index in [4.69, 9.17) is 5.10 Å². The van der Waals surface area contributed by atoms with E-state index >= 15 is 0 Å². The van der Waals surface area contributed by atoms with Crippen molar-refractivity contribution in [3.8, 4) is 0 Å². The average molecular weight is 392 g/mol. The van der Waals surface area contributed by atoms with Gasteiger partial charge in [-0.05, 0) is 18.9 Å². The summed E-state index contributed by atoms with van der Waals surface area (Å²) in [6.07, 6.45) is 10.7. The molecule has 150 valence electrons. The fourth-order valence-electron chi connectivity index (χ4n) is 4.25. The molecule has 4 aromatic heterocycles. The average Bonchev–Trinajstić information content (AvgIpc) is 3.38. The minimum absolute atomic E-state index is 0.171. The van der Waals surface area contributed by atoms with Gasteiger partial charge in [-0.25, -0.2) is 14.3 Å². The lowest BCUT2D eigenvalue weighted by Gasteiger charge is -2.17. The molecule has 1 aliphatic rings. The molecule has 0 amide bonds. The van der Waals surface area contributed by atoms with Crippen molar-refractivity contribution >= 4 is 16.7 Å². The quantitative estimate of drug-likeness (QED) is 0.529. The smallest absolute Gasteiger partial charge is 0.267 e. The standard InChI is InChI=1S/C20H24N8O/c1-3-16-23-24-17(4-2)28(16)26-11-10-15-14(19(26)29)12-21-20-22-18(25-27(15)20)13-8-6-5-7-9-13/h10-13H,3-9H2,1-2H3. The van der Waals surface area contributed by atoms with E-state index in [2.05, 4.69) is 20.2 Å². The van der Waals surface area contributed by atoms with Crippen LogP contribution in [0.15, 0.2) is 23.3 Å². The van der Waals surface area contributed by atoms with Gasteiger partial charge in [0.25, 0.3) is 11.3 Å². The van der Waals surface area contributed by atoms with E-state index in [0.29, 0.717) is 29.9 Å². The lowest BCUT2D eigenvalue weighted by atomic mass is 9.89. The maximum Gasteiger partial charge on any atom is 0.280 e. The topological polar surface area (TPSA) is 95.8 Å². The van der Waals surface area contributed by atoms with Crippen LogP contribution in [-0.4, -0.2) is 39.1 Å². The van der Waals surface area contributed by atoms with Crippen molar-refractivity contribution in [1.82, 2.24) is 39.1 Å². The highest BCUT2D eigenvalue weighted by atomic mass is 16.1. The van der Waals surface area contributed by atoms with Gasteiger partial charge in [0.1, 0.15) is 0 Å². The van der Waals surface area contributed by atoms with Crippen molar-refractivity contribution in [2.75, 3.05) is 0 Å². The molecule has 0 saturated heterocycles. The SMILES string of the molecule is CCc1nnc(CC)n1-n1ccc2c(cnc3nc(C4CCCCC4)nn32)c1=O. The molecular formula is C20H24N8O. The Morgan fingerprint density at radius 2 is 1.79 bits per heavy atom. The van der Waals surface area contributed by atoms with Gasteiger partial charge < -0.3 is 0 Å². The molecule has 0 aromatic carbocycles. The zero-order valence-electron chi connectivity index (χ0n) is 16.7. The normalized spacial score (nSPS) is 15.5. The first-order valence-corrected chi connectivity index (χ1v) is 10.4. The summed E-state index contributed by atoms with van der Waals surface area (Å²) in [6, 6.07) is 1.89. The molecule has 9 nitrogen and oxygen atoms in total. The first kappa shape index (κ1) is 18.0. The van der Waals surface area contributed by atoms with Crippen LogP contribution in [0.4, 0.5) is 0 Å². The minimum atomic E-state index is -0.171. The molecule has 0 N–H and O–H groups in total. The van der Waals surface area contributed by atoms with Crippen LogP contribution in [0, 0.1) is 0 Å². The van der Waals surface area contributed by atoms with Gasteiger partial charge in [-0.2, -0.15) is 9.50 Å². The molecule has 1 aliphatic carbocycles. The monoisotopic (exact) mass is 392 g/mol. The van der Waals surface area contributed by atoms with Gasteiger partial charge in [0.2, 0.25) is 0 Å². The molecule has 1 fully saturated rings. The molecule has 4 heterocycles. The Morgan fingerprint density at radius 1 is 1.07 bits per heavy atom. The lowest BCUT2D eigenvalue weighted by molar-refractivity contribution is 0.429. The molecule has 0 unspecified atom stereocenters. The van der Waals surface area contributed by atoms with E-state index < -0.39 is 0 Å². The first-order chi connectivity index (χ1) is 14.2. The number of rotatable bonds is 4. The van der Waals surface area contributed by atoms with Gasteiger partial charge in [-0.1, -0.05) is 33.1 Å². The third-order valence-electron chi connectivity index (χ3n) is 5.82. The summed E-state index contributed by atoms with van der Waals surface area (Å²) in [4.78, 5) is 22.4. The molecule has 4 aromatic rings. The van der Waals surface area contributed by atoms with Gasteiger partial charge in [0, 0.05) is 31.2 Å². The summed E-state index contributed by atoms with van der Waals surface area (Å²) in [6.45, 7) is 4.00. The highest BCUT2D eigenvalue weighted by molar-refractivity contribution is 5.78. The fourth-order valence-corrected chi connectivity index (χ4v) is 4.25. The predicted molar refractivity (Wildman–Crippen MR) is 108 cm³/mol. The molecule has 0 bridgehead atoms. The van der Waals surface area contributed by atoms with Crippen LogP contribution < -0.4 is 5.56 Å². The number of fused-ring (bicyclic) bond motifs is 3. The van der Waals surface area contributed by atoms with E-state index in [1.54, 1.807) is 26.3 Å². The van der Waals surface area contributed by atoms with Crippen molar-refractivity contribution < 1.29 is 0 Å². The van der Waals surface area contributed by atoms with E-state index in [1.807, 2.05) is 19.9 Å². The van der Waals surface area contributed by atoms with Crippen LogP contribution in [0.2, 0.25) is 0 Å². The second-order valence-electron chi connectivity index (χ2n) is 7.59. The molecule has 0 spiro atoms. The molecule has 0 atom stereocenters. The predicted octanol–water partition coefficient (Wildman–Crippen LogP) is 2.51. The zero-order valence-corrected chi connectivity index (χ0v) is 16.7. The molecule has 0 aliphatic heterocycles. The molecule has 5 rings (SSSR count). The third kappa shape index (κ3) is 2.83. The first-order valence-electron chi connectivity index (χ1n) is 10.4. The van der Waals surface area contributed by atoms with Crippen LogP contribution in [-0.2, 0) is 12.8 Å². The number of aryl methyl sites for hydroxylation is 2. The van der Waals surface area contributed by atoms with Gasteiger partial charge >= 0.3 is 0 Å². The summed E-state index contributed by atoms with van der Waals surface area (Å²) in [5.41, 5.74) is 0.547. The second kappa shape index (κ2) is 7.06. The number of pyridine rings is 1. The van der Waals surface area contributed by atoms with Crippen molar-refractivity contribution in [2.24, 2.45) is 0 Å². The maximum atomic E-state index is 13.3. The summed E-state index contributed by atoms with van der Waals surface area (Å²) in [5, 5.41) is 13.7. The summed E-state index contributed by atoms with van der Waals surface area (Å²) < 4.78 is 5.06. The Labute approximate surface area is 167 Å². The van der Waals surface area contributed by atoms with Crippen LogP contribution in [0.3, 0.4) is 0 Å². The Hall–Kier alpha value is -3.10. The summed E-state index contributed by atoms with van der Waals surface area (Å²) in [5.74, 6) is 3.27. The van der Waals surface area contributed by atoms with Gasteiger partial charge in [0.15, 0.2) is 17.5 Å². The molecule has 9 heteroatoms. The molecule has 29 heavy (non-hydrogen) atoms. The van der Waals surface area contributed by atoms with Crippen molar-refractivity contribution in [1.29, 1.82) is 0 Å². The Bertz CT molecular complexity index is 1220. The van der Waals surface area contributed by atoms with Crippen LogP contribution >= 0.6 is 0 Å². The molecular weight excluding hydrogens is 368 g/mol. The van der Waals surface area contributed by atoms with Crippen LogP contribution in [0.5, 0.6) is 0 Å². The summed E-state index contributed by atoms with van der Waals surface area (Å²) >= 11 is 0. The number of aromatic nitrogens is 8. The van der Waals surface area contributed by atoms with E-state index in [9.17, 15) is 4.79 Å². The minimum Gasteiger partial charge on any atom is -0.267 e. The Kier molecular flexibility index (Phi) is 4.37. The van der Waals surface area contributed by atoms with E-state index in [0.717, 1.165) is 35.8 Å². The lowest BCUT2D eigenvalue weighted by Crippen LogP contribution is -2.29. The largest absolute Gasteiger partial charge is 0.280 e. The van der Waals surface area contributed by atoms with Gasteiger partial charge in [-0.3, -0.25) is 4.79 Å². The highest BCUT2D eigenvalue weighted by Gasteiger charge is 2.21. The number of hydrogen-bond donors (Lipinski definition) is 0. The molecule has 0 radical (unpaired) electrons. The van der Waals surface area contributed by atoms with Crippen LogP contribution in [0.25, 0.3) is 16.7 Å². The van der Waals surface area contributed by atoms with E-state index in [-0.39, 0.29) is 5.56 Å². The number of nitrogens with zero attached hydrogens (tertiary/aromatic N) is 8. The second-order valence-corrected chi connectivity index (χ2v) is 7.59. The van der Waals surface area contributed by atoms with Crippen molar-refractivity contribution in [3.63, 3.8) is 0 Å². The van der Waals surface area contributed by atoms with E-state index in [1.165, 1.54) is 19.3 Å². The zero-order chi connectivity index (χ0) is 20.0. The fraction of sp³-hybridized carbons (Fsp3) is 0.500. The third-order valence-corrected chi connectivity index (χ3v) is 5.82. The summed E-state index contributed by atoms with van der Waals surface area (Å²) in [7, 11) is 0. The van der Waals surface area contributed by atoms with Crippen molar-refractivity contribution in [3.05, 3.63) is 46.3 Å². The number of hydrogen-bond acceptors (Lipinski definition) is 6. The van der Waals surface area contributed by atoms with Gasteiger partial charge in [0.05, 0.1) is 10.9 Å². The van der Waals surface area contributed by atoms with Crippen molar-refractivity contribution in [2.45, 2.75) is 64.7 Å². The molecule has 1 saturated carbocycles. The van der Waals surface area contributed by atoms with Gasteiger partial charge in [-0.15, -0.1) is 15.3 Å². The van der Waals surface area contributed by atoms with Crippen LogP contribution in [0.1, 0.15) is 69.3 Å². The Balaban J connectivity index is 1.68.